The summed E-state index contributed by atoms with van der Waals surface area (Å²) in [6, 6.07) is 0. The normalized spacial score (nSPS) is 30.9. The van der Waals surface area contributed by atoms with Crippen molar-refractivity contribution in [2.24, 2.45) is 11.8 Å². The fourth-order valence-electron chi connectivity index (χ4n) is 3.04. The van der Waals surface area contributed by atoms with Gasteiger partial charge in [0.2, 0.25) is 5.91 Å². The first-order valence-electron chi connectivity index (χ1n) is 7.11. The quantitative estimate of drug-likeness (QED) is 0.770. The van der Waals surface area contributed by atoms with Crippen molar-refractivity contribution in [3.05, 3.63) is 0 Å². The molecule has 2 aliphatic rings. The zero-order valence-electron chi connectivity index (χ0n) is 11.2. The molecule has 2 aliphatic carbocycles. The zero-order chi connectivity index (χ0) is 12.3. The molecule has 0 aliphatic heterocycles. The minimum absolute atomic E-state index is 0.0809. The van der Waals surface area contributed by atoms with Crippen molar-refractivity contribution in [2.45, 2.75) is 57.4 Å². The highest BCUT2D eigenvalue weighted by Gasteiger charge is 2.35. The van der Waals surface area contributed by atoms with Crippen LogP contribution in [0, 0.1) is 11.8 Å². The summed E-state index contributed by atoms with van der Waals surface area (Å²) in [7, 11) is 2.00. The van der Waals surface area contributed by atoms with Gasteiger partial charge in [-0.3, -0.25) is 4.79 Å². The number of hydrogen-bond donors (Lipinski definition) is 2. The molecule has 2 unspecified atom stereocenters. The molecule has 0 heterocycles. The largest absolute Gasteiger partial charge is 0.356 e. The Kier molecular flexibility index (Phi) is 4.08. The van der Waals surface area contributed by atoms with E-state index >= 15 is 0 Å². The summed E-state index contributed by atoms with van der Waals surface area (Å²) < 4.78 is 0. The maximum atomic E-state index is 12.0. The van der Waals surface area contributed by atoms with E-state index in [4.69, 9.17) is 0 Å². The Hall–Kier alpha value is -0.570. The van der Waals surface area contributed by atoms with Gasteiger partial charge >= 0.3 is 0 Å². The van der Waals surface area contributed by atoms with Crippen molar-refractivity contribution in [3.8, 4) is 0 Å². The van der Waals surface area contributed by atoms with E-state index in [9.17, 15) is 4.79 Å². The Labute approximate surface area is 105 Å². The lowest BCUT2D eigenvalue weighted by Crippen LogP contribution is -2.48. The third-order valence-electron chi connectivity index (χ3n) is 4.68. The molecular formula is C14H26N2O. The number of nitrogens with one attached hydrogen (secondary N) is 2. The van der Waals surface area contributed by atoms with Crippen molar-refractivity contribution in [2.75, 3.05) is 13.6 Å². The Bertz CT molecular complexity index is 271. The number of hydrogen-bond acceptors (Lipinski definition) is 2. The van der Waals surface area contributed by atoms with Crippen LogP contribution in [0.1, 0.15) is 51.9 Å². The first-order valence-corrected chi connectivity index (χ1v) is 7.11. The lowest BCUT2D eigenvalue weighted by molar-refractivity contribution is -0.123. The molecule has 3 nitrogen and oxygen atoms in total. The van der Waals surface area contributed by atoms with Crippen molar-refractivity contribution >= 4 is 5.91 Å². The maximum Gasteiger partial charge on any atom is 0.221 e. The SMILES string of the molecule is CNC1(CC(=O)NCC2CC2C)CCCCC1. The van der Waals surface area contributed by atoms with Gasteiger partial charge in [0.1, 0.15) is 0 Å². The second-order valence-corrected chi connectivity index (χ2v) is 6.04. The summed E-state index contributed by atoms with van der Waals surface area (Å²) in [4.78, 5) is 12.0. The first-order chi connectivity index (χ1) is 8.15. The molecular weight excluding hydrogens is 212 g/mol. The molecule has 3 heteroatoms. The minimum atomic E-state index is 0.0809. The van der Waals surface area contributed by atoms with E-state index in [-0.39, 0.29) is 11.4 Å². The number of carbonyl (C=O) groups excluding carboxylic acids is 1. The van der Waals surface area contributed by atoms with Gasteiger partial charge in [0.25, 0.3) is 0 Å². The molecule has 17 heavy (non-hydrogen) atoms. The van der Waals surface area contributed by atoms with Crippen molar-refractivity contribution in [3.63, 3.8) is 0 Å². The third kappa shape index (κ3) is 3.44. The smallest absolute Gasteiger partial charge is 0.221 e. The van der Waals surface area contributed by atoms with Crippen molar-refractivity contribution in [1.82, 2.24) is 10.6 Å². The van der Waals surface area contributed by atoms with Crippen LogP contribution in [0.2, 0.25) is 0 Å². The molecule has 2 N–H and O–H groups in total. The number of amides is 1. The molecule has 0 bridgehead atoms. The Morgan fingerprint density at radius 1 is 1.29 bits per heavy atom. The van der Waals surface area contributed by atoms with Gasteiger partial charge in [-0.05, 0) is 38.1 Å². The Balaban J connectivity index is 1.75. The summed E-state index contributed by atoms with van der Waals surface area (Å²) >= 11 is 0. The summed E-state index contributed by atoms with van der Waals surface area (Å²) in [6.07, 6.45) is 8.09. The highest BCUT2D eigenvalue weighted by atomic mass is 16.1. The van der Waals surface area contributed by atoms with Crippen LogP contribution in [0.5, 0.6) is 0 Å². The predicted octanol–water partition coefficient (Wildman–Crippen LogP) is 2.07. The van der Waals surface area contributed by atoms with Gasteiger partial charge in [-0.1, -0.05) is 26.2 Å². The molecule has 2 fully saturated rings. The zero-order valence-corrected chi connectivity index (χ0v) is 11.2. The Morgan fingerprint density at radius 2 is 1.94 bits per heavy atom. The van der Waals surface area contributed by atoms with Crippen LogP contribution in [-0.4, -0.2) is 25.0 Å². The summed E-state index contributed by atoms with van der Waals surface area (Å²) in [5.41, 5.74) is 0.0809. The second kappa shape index (κ2) is 5.38. The molecule has 0 spiro atoms. The van der Waals surface area contributed by atoms with Crippen LogP contribution in [0.15, 0.2) is 0 Å². The molecule has 0 saturated heterocycles. The first kappa shape index (κ1) is 12.9. The molecule has 1 amide bonds. The van der Waals surface area contributed by atoms with E-state index in [1.54, 1.807) is 0 Å². The van der Waals surface area contributed by atoms with E-state index in [0.717, 1.165) is 31.2 Å². The fraction of sp³-hybridized carbons (Fsp3) is 0.929. The average molecular weight is 238 g/mol. The van der Waals surface area contributed by atoms with E-state index in [2.05, 4.69) is 17.6 Å². The van der Waals surface area contributed by atoms with Crippen molar-refractivity contribution < 1.29 is 4.79 Å². The van der Waals surface area contributed by atoms with Gasteiger partial charge in [-0.15, -0.1) is 0 Å². The maximum absolute atomic E-state index is 12.0. The van der Waals surface area contributed by atoms with Crippen LogP contribution in [0.3, 0.4) is 0 Å². The molecule has 0 aromatic rings. The highest BCUT2D eigenvalue weighted by molar-refractivity contribution is 5.77. The predicted molar refractivity (Wildman–Crippen MR) is 69.8 cm³/mol. The molecule has 0 aromatic heterocycles. The van der Waals surface area contributed by atoms with Gasteiger partial charge in [0.15, 0.2) is 0 Å². The van der Waals surface area contributed by atoms with E-state index < -0.39 is 0 Å². The minimum Gasteiger partial charge on any atom is -0.356 e. The molecule has 0 aromatic carbocycles. The van der Waals surface area contributed by atoms with Crippen LogP contribution < -0.4 is 10.6 Å². The average Bonchev–Trinajstić information content (AvgIpc) is 3.04. The molecule has 2 rings (SSSR count). The van der Waals surface area contributed by atoms with Gasteiger partial charge in [0.05, 0.1) is 0 Å². The van der Waals surface area contributed by atoms with E-state index in [0.29, 0.717) is 6.42 Å². The molecule has 98 valence electrons. The van der Waals surface area contributed by atoms with Crippen LogP contribution in [0.4, 0.5) is 0 Å². The van der Waals surface area contributed by atoms with Crippen LogP contribution in [0.25, 0.3) is 0 Å². The summed E-state index contributed by atoms with van der Waals surface area (Å²) in [5.74, 6) is 1.81. The van der Waals surface area contributed by atoms with Crippen LogP contribution >= 0.6 is 0 Å². The molecule has 2 saturated carbocycles. The van der Waals surface area contributed by atoms with Crippen molar-refractivity contribution in [1.29, 1.82) is 0 Å². The summed E-state index contributed by atoms with van der Waals surface area (Å²) in [6.45, 7) is 3.15. The van der Waals surface area contributed by atoms with E-state index in [1.165, 1.54) is 25.7 Å². The standard InChI is InChI=1S/C14H26N2O/c1-11-8-12(11)10-16-13(17)9-14(15-2)6-4-3-5-7-14/h11-12,15H,3-10H2,1-2H3,(H,16,17). The topological polar surface area (TPSA) is 41.1 Å². The van der Waals surface area contributed by atoms with Gasteiger partial charge in [-0.25, -0.2) is 0 Å². The molecule has 2 atom stereocenters. The Morgan fingerprint density at radius 3 is 2.47 bits per heavy atom. The van der Waals surface area contributed by atoms with Gasteiger partial charge in [-0.2, -0.15) is 0 Å². The van der Waals surface area contributed by atoms with Gasteiger partial charge in [0, 0.05) is 18.5 Å². The lowest BCUT2D eigenvalue weighted by Gasteiger charge is -2.36. The van der Waals surface area contributed by atoms with Gasteiger partial charge < -0.3 is 10.6 Å². The molecule has 0 radical (unpaired) electrons. The lowest BCUT2D eigenvalue weighted by atomic mass is 9.79. The number of carbonyl (C=O) groups is 1. The monoisotopic (exact) mass is 238 g/mol. The second-order valence-electron chi connectivity index (χ2n) is 6.04. The van der Waals surface area contributed by atoms with Crippen LogP contribution in [-0.2, 0) is 4.79 Å². The summed E-state index contributed by atoms with van der Waals surface area (Å²) in [5, 5.41) is 6.50. The highest BCUT2D eigenvalue weighted by Crippen LogP contribution is 2.37. The number of rotatable bonds is 5. The third-order valence-corrected chi connectivity index (χ3v) is 4.68. The van der Waals surface area contributed by atoms with E-state index in [1.807, 2.05) is 7.05 Å². The fourth-order valence-corrected chi connectivity index (χ4v) is 3.04.